The summed E-state index contributed by atoms with van der Waals surface area (Å²) in [6, 6.07) is 4.75. The van der Waals surface area contributed by atoms with Crippen LogP contribution in [0.2, 0.25) is 0 Å². The topological polar surface area (TPSA) is 53.1 Å². The Kier molecular flexibility index (Phi) is 2.00. The average molecular weight is 189 g/mol. The number of hydrogen-bond donors (Lipinski definition) is 2. The number of pyridine rings is 1. The molecule has 0 atom stereocenters. The summed E-state index contributed by atoms with van der Waals surface area (Å²) < 4.78 is 0. The Balaban J connectivity index is 2.87. The molecule has 0 aliphatic heterocycles. The van der Waals surface area contributed by atoms with Gasteiger partial charge in [0.1, 0.15) is 5.75 Å². The number of aryl methyl sites for hydroxylation is 1. The number of aromatic amines is 1. The fourth-order valence-electron chi connectivity index (χ4n) is 1.51. The first-order chi connectivity index (χ1) is 6.72. The van der Waals surface area contributed by atoms with Crippen LogP contribution < -0.4 is 5.43 Å². The Labute approximate surface area is 81.0 Å². The van der Waals surface area contributed by atoms with Gasteiger partial charge in [0.15, 0.2) is 5.43 Å². The molecule has 2 N–H and O–H groups in total. The van der Waals surface area contributed by atoms with Gasteiger partial charge in [-0.2, -0.15) is 0 Å². The molecule has 0 unspecified atom stereocenters. The Morgan fingerprint density at radius 3 is 2.93 bits per heavy atom. The van der Waals surface area contributed by atoms with E-state index in [4.69, 9.17) is 0 Å². The molecule has 0 bridgehead atoms. The summed E-state index contributed by atoms with van der Waals surface area (Å²) in [6.07, 6.45) is 2.42. The second kappa shape index (κ2) is 3.18. The Morgan fingerprint density at radius 2 is 2.21 bits per heavy atom. The van der Waals surface area contributed by atoms with Crippen molar-refractivity contribution in [3.63, 3.8) is 0 Å². The molecule has 14 heavy (non-hydrogen) atoms. The van der Waals surface area contributed by atoms with Crippen LogP contribution in [0.4, 0.5) is 0 Å². The molecule has 1 aromatic heterocycles. The fraction of sp³-hybridized carbons (Fsp3) is 0.182. The second-order valence-electron chi connectivity index (χ2n) is 3.23. The summed E-state index contributed by atoms with van der Waals surface area (Å²) in [5.41, 5.74) is 1.49. The highest BCUT2D eigenvalue weighted by atomic mass is 16.3. The van der Waals surface area contributed by atoms with Crippen LogP contribution in [-0.2, 0) is 6.42 Å². The molecule has 3 nitrogen and oxygen atoms in total. The van der Waals surface area contributed by atoms with Crippen molar-refractivity contribution < 1.29 is 5.11 Å². The molecule has 1 aromatic carbocycles. The number of aromatic nitrogens is 1. The van der Waals surface area contributed by atoms with E-state index in [9.17, 15) is 9.90 Å². The molecule has 1 heterocycles. The van der Waals surface area contributed by atoms with Crippen LogP contribution >= 0.6 is 0 Å². The number of benzene rings is 1. The van der Waals surface area contributed by atoms with Crippen molar-refractivity contribution in [3.8, 4) is 5.75 Å². The number of H-pyrrole nitrogens is 1. The van der Waals surface area contributed by atoms with Gasteiger partial charge in [-0.3, -0.25) is 4.79 Å². The summed E-state index contributed by atoms with van der Waals surface area (Å²) in [5.74, 6) is 0.122. The van der Waals surface area contributed by atoms with Gasteiger partial charge in [0.25, 0.3) is 0 Å². The van der Waals surface area contributed by atoms with Gasteiger partial charge in [-0.25, -0.2) is 0 Å². The predicted molar refractivity (Wildman–Crippen MR) is 55.6 cm³/mol. The SMILES string of the molecule is CCc1c[nH]c2ccc(O)cc2c1=O. The lowest BCUT2D eigenvalue weighted by Gasteiger charge is -2.01. The van der Waals surface area contributed by atoms with Gasteiger partial charge in [0, 0.05) is 22.7 Å². The molecule has 0 radical (unpaired) electrons. The Morgan fingerprint density at radius 1 is 1.43 bits per heavy atom. The van der Waals surface area contributed by atoms with Crippen molar-refractivity contribution in [2.75, 3.05) is 0 Å². The zero-order valence-corrected chi connectivity index (χ0v) is 7.87. The van der Waals surface area contributed by atoms with Gasteiger partial charge < -0.3 is 10.1 Å². The lowest BCUT2D eigenvalue weighted by molar-refractivity contribution is 0.476. The highest BCUT2D eigenvalue weighted by Crippen LogP contribution is 2.15. The average Bonchev–Trinajstić information content (AvgIpc) is 2.20. The molecule has 0 saturated carbocycles. The molecule has 2 rings (SSSR count). The molecule has 72 valence electrons. The molecule has 2 aromatic rings. The third kappa shape index (κ3) is 1.27. The zero-order valence-electron chi connectivity index (χ0n) is 7.87. The Bertz CT molecular complexity index is 528. The highest BCUT2D eigenvalue weighted by molar-refractivity contribution is 5.80. The monoisotopic (exact) mass is 189 g/mol. The highest BCUT2D eigenvalue weighted by Gasteiger charge is 2.03. The minimum absolute atomic E-state index is 0.00264. The second-order valence-corrected chi connectivity index (χ2v) is 3.23. The first-order valence-corrected chi connectivity index (χ1v) is 4.55. The van der Waals surface area contributed by atoms with E-state index in [0.29, 0.717) is 11.8 Å². The summed E-state index contributed by atoms with van der Waals surface area (Å²) in [4.78, 5) is 14.8. The van der Waals surface area contributed by atoms with Crippen molar-refractivity contribution >= 4 is 10.9 Å². The number of phenolic OH excluding ortho intramolecular Hbond substituents is 1. The van der Waals surface area contributed by atoms with Gasteiger partial charge >= 0.3 is 0 Å². The summed E-state index contributed by atoms with van der Waals surface area (Å²) in [6.45, 7) is 1.93. The third-order valence-corrected chi connectivity index (χ3v) is 2.32. The van der Waals surface area contributed by atoms with E-state index in [2.05, 4.69) is 4.98 Å². The largest absolute Gasteiger partial charge is 0.508 e. The number of rotatable bonds is 1. The lowest BCUT2D eigenvalue weighted by atomic mass is 10.1. The summed E-state index contributed by atoms with van der Waals surface area (Å²) >= 11 is 0. The molecule has 0 spiro atoms. The van der Waals surface area contributed by atoms with Gasteiger partial charge in [0.05, 0.1) is 0 Å². The molecular formula is C11H11NO2. The minimum atomic E-state index is -0.00264. The van der Waals surface area contributed by atoms with Crippen molar-refractivity contribution in [1.29, 1.82) is 0 Å². The van der Waals surface area contributed by atoms with E-state index < -0.39 is 0 Å². The molecule has 0 saturated heterocycles. The lowest BCUT2D eigenvalue weighted by Crippen LogP contribution is -2.08. The molecule has 0 aliphatic carbocycles. The maximum absolute atomic E-state index is 11.8. The van der Waals surface area contributed by atoms with Crippen LogP contribution in [0.3, 0.4) is 0 Å². The van der Waals surface area contributed by atoms with E-state index in [0.717, 1.165) is 11.1 Å². The number of fused-ring (bicyclic) bond motifs is 1. The summed E-state index contributed by atoms with van der Waals surface area (Å²) in [5, 5.41) is 9.81. The molecule has 0 fully saturated rings. The number of nitrogens with one attached hydrogen (secondary N) is 1. The van der Waals surface area contributed by atoms with Crippen LogP contribution in [0.5, 0.6) is 5.75 Å². The molecular weight excluding hydrogens is 178 g/mol. The Hall–Kier alpha value is -1.77. The standard InChI is InChI=1S/C11H11NO2/c1-2-7-6-12-10-4-3-8(13)5-9(10)11(7)14/h3-6,13H,2H2,1H3,(H,12,14). The smallest absolute Gasteiger partial charge is 0.192 e. The van der Waals surface area contributed by atoms with E-state index in [1.165, 1.54) is 6.07 Å². The van der Waals surface area contributed by atoms with E-state index in [-0.39, 0.29) is 11.2 Å². The first-order valence-electron chi connectivity index (χ1n) is 4.55. The van der Waals surface area contributed by atoms with Crippen LogP contribution in [0, 0.1) is 0 Å². The van der Waals surface area contributed by atoms with Crippen molar-refractivity contribution in [2.45, 2.75) is 13.3 Å². The van der Waals surface area contributed by atoms with Crippen LogP contribution in [0.15, 0.2) is 29.2 Å². The zero-order chi connectivity index (χ0) is 10.1. The van der Waals surface area contributed by atoms with Gasteiger partial charge in [-0.15, -0.1) is 0 Å². The van der Waals surface area contributed by atoms with Gasteiger partial charge in [-0.05, 0) is 24.6 Å². The maximum Gasteiger partial charge on any atom is 0.192 e. The van der Waals surface area contributed by atoms with Gasteiger partial charge in [0.2, 0.25) is 0 Å². The molecule has 0 amide bonds. The van der Waals surface area contributed by atoms with E-state index >= 15 is 0 Å². The normalized spacial score (nSPS) is 10.6. The van der Waals surface area contributed by atoms with Gasteiger partial charge in [-0.1, -0.05) is 6.92 Å². The maximum atomic E-state index is 11.8. The third-order valence-electron chi connectivity index (χ3n) is 2.32. The van der Waals surface area contributed by atoms with Crippen LogP contribution in [0.25, 0.3) is 10.9 Å². The minimum Gasteiger partial charge on any atom is -0.508 e. The quantitative estimate of drug-likeness (QED) is 0.718. The van der Waals surface area contributed by atoms with E-state index in [1.807, 2.05) is 6.92 Å². The molecule has 0 aliphatic rings. The van der Waals surface area contributed by atoms with Crippen molar-refractivity contribution in [3.05, 3.63) is 40.2 Å². The number of phenols is 1. The number of hydrogen-bond acceptors (Lipinski definition) is 2. The summed E-state index contributed by atoms with van der Waals surface area (Å²) in [7, 11) is 0. The predicted octanol–water partition coefficient (Wildman–Crippen LogP) is 1.80. The fourth-order valence-corrected chi connectivity index (χ4v) is 1.51. The van der Waals surface area contributed by atoms with E-state index in [1.54, 1.807) is 18.3 Å². The number of aromatic hydroxyl groups is 1. The van der Waals surface area contributed by atoms with Crippen LogP contribution in [-0.4, -0.2) is 10.1 Å². The van der Waals surface area contributed by atoms with Crippen molar-refractivity contribution in [1.82, 2.24) is 4.98 Å². The first kappa shape index (κ1) is 8.81. The van der Waals surface area contributed by atoms with Crippen molar-refractivity contribution in [2.24, 2.45) is 0 Å². The molecule has 3 heteroatoms. The van der Waals surface area contributed by atoms with Crippen LogP contribution in [0.1, 0.15) is 12.5 Å².